The molecule has 1 aromatic carbocycles. The number of benzene rings is 1. The van der Waals surface area contributed by atoms with Crippen molar-refractivity contribution in [1.82, 2.24) is 0 Å². The number of carbonyl (C=O) groups is 1. The molecule has 0 saturated heterocycles. The van der Waals surface area contributed by atoms with Crippen LogP contribution in [0.15, 0.2) is 18.2 Å². The van der Waals surface area contributed by atoms with Gasteiger partial charge in [0.2, 0.25) is 0 Å². The quantitative estimate of drug-likeness (QED) is 0.738. The molecule has 3 nitrogen and oxygen atoms in total. The standard InChI is InChI=1S/C14H21NO2/c1-3-4-7-15(8-9-16)14-6-5-12(2)10-13(14)11-17/h5-6,10-11,16H,3-4,7-9H2,1-2H3. The molecule has 0 bridgehead atoms. The highest BCUT2D eigenvalue weighted by atomic mass is 16.3. The fourth-order valence-electron chi connectivity index (χ4n) is 1.88. The van der Waals surface area contributed by atoms with Crippen LogP contribution in [-0.4, -0.2) is 31.1 Å². The van der Waals surface area contributed by atoms with Crippen molar-refractivity contribution in [1.29, 1.82) is 0 Å². The molecule has 17 heavy (non-hydrogen) atoms. The summed E-state index contributed by atoms with van der Waals surface area (Å²) < 4.78 is 0. The zero-order valence-electron chi connectivity index (χ0n) is 10.6. The van der Waals surface area contributed by atoms with Gasteiger partial charge >= 0.3 is 0 Å². The summed E-state index contributed by atoms with van der Waals surface area (Å²) in [4.78, 5) is 13.1. The van der Waals surface area contributed by atoms with Gasteiger partial charge in [-0.25, -0.2) is 0 Å². The lowest BCUT2D eigenvalue weighted by molar-refractivity contribution is 0.112. The number of anilines is 1. The number of nitrogens with zero attached hydrogens (tertiary/aromatic N) is 1. The van der Waals surface area contributed by atoms with E-state index in [4.69, 9.17) is 5.11 Å². The molecular weight excluding hydrogens is 214 g/mol. The highest BCUT2D eigenvalue weighted by Gasteiger charge is 2.10. The molecular formula is C14H21NO2. The molecule has 0 spiro atoms. The lowest BCUT2D eigenvalue weighted by Crippen LogP contribution is -2.28. The average molecular weight is 235 g/mol. The van der Waals surface area contributed by atoms with E-state index in [1.807, 2.05) is 25.1 Å². The van der Waals surface area contributed by atoms with Crippen molar-refractivity contribution in [2.75, 3.05) is 24.6 Å². The van der Waals surface area contributed by atoms with Crippen LogP contribution in [-0.2, 0) is 0 Å². The molecule has 1 aromatic rings. The third-order valence-corrected chi connectivity index (χ3v) is 2.80. The van der Waals surface area contributed by atoms with Gasteiger partial charge in [0.25, 0.3) is 0 Å². The Bertz CT molecular complexity index is 363. The van der Waals surface area contributed by atoms with Gasteiger partial charge < -0.3 is 10.0 Å². The molecule has 0 saturated carbocycles. The first-order valence-corrected chi connectivity index (χ1v) is 6.14. The zero-order chi connectivity index (χ0) is 12.7. The number of unbranched alkanes of at least 4 members (excludes halogenated alkanes) is 1. The summed E-state index contributed by atoms with van der Waals surface area (Å²) in [6, 6.07) is 5.85. The topological polar surface area (TPSA) is 40.5 Å². The molecule has 1 rings (SSSR count). The highest BCUT2D eigenvalue weighted by Crippen LogP contribution is 2.20. The van der Waals surface area contributed by atoms with Crippen molar-refractivity contribution in [3.05, 3.63) is 29.3 Å². The Morgan fingerprint density at radius 3 is 2.71 bits per heavy atom. The maximum absolute atomic E-state index is 11.1. The number of hydrogen-bond acceptors (Lipinski definition) is 3. The van der Waals surface area contributed by atoms with Gasteiger partial charge in [0.05, 0.1) is 6.61 Å². The third-order valence-electron chi connectivity index (χ3n) is 2.80. The Morgan fingerprint density at radius 1 is 1.35 bits per heavy atom. The number of rotatable bonds is 7. The minimum atomic E-state index is 0.107. The Balaban J connectivity index is 2.95. The molecule has 0 unspecified atom stereocenters. The highest BCUT2D eigenvalue weighted by molar-refractivity contribution is 5.85. The van der Waals surface area contributed by atoms with Crippen molar-refractivity contribution in [2.24, 2.45) is 0 Å². The predicted octanol–water partition coefficient (Wildman–Crippen LogP) is 2.41. The first-order chi connectivity index (χ1) is 8.22. The minimum Gasteiger partial charge on any atom is -0.395 e. The van der Waals surface area contributed by atoms with Crippen molar-refractivity contribution in [2.45, 2.75) is 26.7 Å². The van der Waals surface area contributed by atoms with Crippen LogP contribution in [0.3, 0.4) is 0 Å². The molecule has 0 amide bonds. The molecule has 0 aromatic heterocycles. The predicted molar refractivity (Wildman–Crippen MR) is 70.8 cm³/mol. The summed E-state index contributed by atoms with van der Waals surface area (Å²) in [5.41, 5.74) is 2.71. The molecule has 3 heteroatoms. The van der Waals surface area contributed by atoms with Gasteiger partial charge in [-0.1, -0.05) is 25.0 Å². The first-order valence-electron chi connectivity index (χ1n) is 6.14. The van der Waals surface area contributed by atoms with E-state index in [0.29, 0.717) is 12.1 Å². The van der Waals surface area contributed by atoms with E-state index in [1.54, 1.807) is 0 Å². The van der Waals surface area contributed by atoms with E-state index < -0.39 is 0 Å². The van der Waals surface area contributed by atoms with E-state index in [-0.39, 0.29) is 6.61 Å². The van der Waals surface area contributed by atoms with Crippen LogP contribution in [0, 0.1) is 6.92 Å². The van der Waals surface area contributed by atoms with Gasteiger partial charge in [0.1, 0.15) is 0 Å². The summed E-state index contributed by atoms with van der Waals surface area (Å²) in [5.74, 6) is 0. The van der Waals surface area contributed by atoms with Gasteiger partial charge in [0, 0.05) is 24.3 Å². The van der Waals surface area contributed by atoms with Crippen LogP contribution < -0.4 is 4.90 Å². The van der Waals surface area contributed by atoms with E-state index in [1.165, 1.54) is 0 Å². The van der Waals surface area contributed by atoms with Crippen molar-refractivity contribution in [3.8, 4) is 0 Å². The van der Waals surface area contributed by atoms with Crippen molar-refractivity contribution in [3.63, 3.8) is 0 Å². The van der Waals surface area contributed by atoms with Gasteiger partial charge in [-0.05, 0) is 25.5 Å². The van der Waals surface area contributed by atoms with Crippen molar-refractivity contribution >= 4 is 12.0 Å². The summed E-state index contributed by atoms with van der Waals surface area (Å²) in [7, 11) is 0. The van der Waals surface area contributed by atoms with Gasteiger partial charge in [-0.3, -0.25) is 4.79 Å². The Hall–Kier alpha value is -1.35. The lowest BCUT2D eigenvalue weighted by Gasteiger charge is -2.25. The summed E-state index contributed by atoms with van der Waals surface area (Å²) in [6.07, 6.45) is 3.05. The van der Waals surface area contributed by atoms with Crippen LogP contribution in [0.5, 0.6) is 0 Å². The summed E-state index contributed by atoms with van der Waals surface area (Å²) in [5, 5.41) is 9.09. The maximum Gasteiger partial charge on any atom is 0.152 e. The molecule has 0 aliphatic heterocycles. The third kappa shape index (κ3) is 3.86. The second kappa shape index (κ2) is 7.07. The number of carbonyl (C=O) groups excluding carboxylic acids is 1. The minimum absolute atomic E-state index is 0.107. The monoisotopic (exact) mass is 235 g/mol. The number of aldehydes is 1. The maximum atomic E-state index is 11.1. The summed E-state index contributed by atoms with van der Waals surface area (Å²) in [6.45, 7) is 5.66. The SMILES string of the molecule is CCCCN(CCO)c1ccc(C)cc1C=O. The molecule has 0 radical (unpaired) electrons. The molecule has 94 valence electrons. The smallest absolute Gasteiger partial charge is 0.152 e. The molecule has 0 fully saturated rings. The Labute approximate surface area is 103 Å². The van der Waals surface area contributed by atoms with E-state index in [9.17, 15) is 4.79 Å². The summed E-state index contributed by atoms with van der Waals surface area (Å²) >= 11 is 0. The molecule has 0 heterocycles. The van der Waals surface area contributed by atoms with E-state index in [2.05, 4.69) is 11.8 Å². The fourth-order valence-corrected chi connectivity index (χ4v) is 1.88. The van der Waals surface area contributed by atoms with Crippen LogP contribution in [0.1, 0.15) is 35.7 Å². The number of aryl methyl sites for hydroxylation is 1. The molecule has 1 N–H and O–H groups in total. The number of aliphatic hydroxyl groups excluding tert-OH is 1. The van der Waals surface area contributed by atoms with Gasteiger partial charge in [-0.2, -0.15) is 0 Å². The normalized spacial score (nSPS) is 10.3. The Morgan fingerprint density at radius 2 is 2.12 bits per heavy atom. The zero-order valence-corrected chi connectivity index (χ0v) is 10.6. The average Bonchev–Trinajstić information content (AvgIpc) is 2.34. The van der Waals surface area contributed by atoms with Gasteiger partial charge in [0.15, 0.2) is 6.29 Å². The van der Waals surface area contributed by atoms with Gasteiger partial charge in [-0.15, -0.1) is 0 Å². The van der Waals surface area contributed by atoms with Crippen molar-refractivity contribution < 1.29 is 9.90 Å². The van der Waals surface area contributed by atoms with E-state index >= 15 is 0 Å². The lowest BCUT2D eigenvalue weighted by atomic mass is 10.1. The molecule has 0 aliphatic rings. The Kier molecular flexibility index (Phi) is 5.70. The molecule has 0 atom stereocenters. The van der Waals surface area contributed by atoms with Crippen LogP contribution in [0.25, 0.3) is 0 Å². The first kappa shape index (κ1) is 13.7. The second-order valence-corrected chi connectivity index (χ2v) is 4.24. The van der Waals surface area contributed by atoms with Crippen LogP contribution in [0.4, 0.5) is 5.69 Å². The van der Waals surface area contributed by atoms with Crippen LogP contribution in [0.2, 0.25) is 0 Å². The second-order valence-electron chi connectivity index (χ2n) is 4.24. The van der Waals surface area contributed by atoms with E-state index in [0.717, 1.165) is 36.9 Å². The number of hydrogen-bond donors (Lipinski definition) is 1. The molecule has 0 aliphatic carbocycles. The number of aliphatic hydroxyl groups is 1. The van der Waals surface area contributed by atoms with Crippen LogP contribution >= 0.6 is 0 Å². The largest absolute Gasteiger partial charge is 0.395 e. The fraction of sp³-hybridized carbons (Fsp3) is 0.500.